The number of amides is 1. The van der Waals surface area contributed by atoms with Gasteiger partial charge >= 0.3 is 0 Å². The van der Waals surface area contributed by atoms with Crippen molar-refractivity contribution in [2.24, 2.45) is 11.7 Å². The number of piperidine rings is 2. The molecule has 3 rings (SSSR count). The van der Waals surface area contributed by atoms with Crippen molar-refractivity contribution in [3.8, 4) is 0 Å². The molecule has 2 aliphatic heterocycles. The van der Waals surface area contributed by atoms with Crippen molar-refractivity contribution >= 4 is 17.5 Å². The largest absolute Gasteiger partial charge is 0.369 e. The van der Waals surface area contributed by atoms with Gasteiger partial charge in [0.1, 0.15) is 18.0 Å². The Kier molecular flexibility index (Phi) is 4.45. The number of carbonyl (C=O) groups excluding carboxylic acids is 1. The van der Waals surface area contributed by atoms with Gasteiger partial charge in [0.05, 0.1) is 5.92 Å². The summed E-state index contributed by atoms with van der Waals surface area (Å²) in [6, 6.07) is 2.44. The lowest BCUT2D eigenvalue weighted by Crippen LogP contribution is -2.46. The van der Waals surface area contributed by atoms with Gasteiger partial charge in [-0.3, -0.25) is 4.79 Å². The average Bonchev–Trinajstić information content (AvgIpc) is 2.56. The lowest BCUT2D eigenvalue weighted by molar-refractivity contribution is -0.122. The van der Waals surface area contributed by atoms with Crippen molar-refractivity contribution in [3.05, 3.63) is 12.4 Å². The van der Waals surface area contributed by atoms with Crippen LogP contribution in [0.15, 0.2) is 12.4 Å². The number of nitrogens with zero attached hydrogens (tertiary/aromatic N) is 4. The molecule has 6 heteroatoms. The van der Waals surface area contributed by atoms with Crippen LogP contribution in [0.2, 0.25) is 0 Å². The summed E-state index contributed by atoms with van der Waals surface area (Å²) in [5.74, 6) is 1.62. The van der Waals surface area contributed by atoms with Crippen LogP contribution in [0.3, 0.4) is 0 Å². The highest BCUT2D eigenvalue weighted by Crippen LogP contribution is 2.28. The Hall–Kier alpha value is -1.85. The fraction of sp³-hybridized carbons (Fsp3) is 0.688. The smallest absolute Gasteiger partial charge is 0.222 e. The summed E-state index contributed by atoms with van der Waals surface area (Å²) in [6.45, 7) is 4.97. The summed E-state index contributed by atoms with van der Waals surface area (Å²) in [5, 5.41) is 0. The third-order valence-electron chi connectivity index (χ3n) is 4.90. The number of primary amides is 1. The number of carbonyl (C=O) groups is 1. The summed E-state index contributed by atoms with van der Waals surface area (Å²) in [5.41, 5.74) is 5.49. The maximum absolute atomic E-state index is 11.5. The van der Waals surface area contributed by atoms with E-state index in [0.29, 0.717) is 12.6 Å². The van der Waals surface area contributed by atoms with E-state index in [4.69, 9.17) is 5.73 Å². The van der Waals surface area contributed by atoms with Crippen LogP contribution < -0.4 is 15.5 Å². The predicted octanol–water partition coefficient (Wildman–Crippen LogP) is 1.56. The number of anilines is 2. The van der Waals surface area contributed by atoms with Gasteiger partial charge in [-0.25, -0.2) is 9.97 Å². The van der Waals surface area contributed by atoms with Crippen molar-refractivity contribution < 1.29 is 4.79 Å². The highest BCUT2D eigenvalue weighted by molar-refractivity contribution is 5.77. The Morgan fingerprint density at radius 2 is 1.91 bits per heavy atom. The predicted molar refractivity (Wildman–Crippen MR) is 86.8 cm³/mol. The van der Waals surface area contributed by atoms with Gasteiger partial charge in [-0.15, -0.1) is 0 Å². The average molecular weight is 303 g/mol. The molecule has 2 aliphatic rings. The maximum Gasteiger partial charge on any atom is 0.222 e. The Morgan fingerprint density at radius 1 is 1.18 bits per heavy atom. The van der Waals surface area contributed by atoms with Crippen LogP contribution in [-0.4, -0.2) is 41.6 Å². The quantitative estimate of drug-likeness (QED) is 0.917. The van der Waals surface area contributed by atoms with E-state index < -0.39 is 0 Å². The van der Waals surface area contributed by atoms with Crippen LogP contribution >= 0.6 is 0 Å². The SMILES string of the molecule is C[C@@H]1CC[C@H](C(N)=O)CN1c1cc(N2CCCCC2)ncn1. The molecule has 0 saturated carbocycles. The van der Waals surface area contributed by atoms with Crippen LogP contribution in [0.1, 0.15) is 39.0 Å². The molecule has 1 amide bonds. The second kappa shape index (κ2) is 6.50. The summed E-state index contributed by atoms with van der Waals surface area (Å²) < 4.78 is 0. The second-order valence-corrected chi connectivity index (χ2v) is 6.46. The fourth-order valence-corrected chi connectivity index (χ4v) is 3.45. The molecule has 1 aromatic heterocycles. The molecule has 2 N–H and O–H groups in total. The standard InChI is InChI=1S/C16H25N5O/c1-12-5-6-13(16(17)22)10-21(12)15-9-14(18-11-19-15)20-7-3-2-4-8-20/h9,11-13H,2-8,10H2,1H3,(H2,17,22)/t12-,13+/m1/s1. The second-order valence-electron chi connectivity index (χ2n) is 6.46. The molecular weight excluding hydrogens is 278 g/mol. The monoisotopic (exact) mass is 303 g/mol. The Morgan fingerprint density at radius 3 is 2.64 bits per heavy atom. The molecule has 22 heavy (non-hydrogen) atoms. The van der Waals surface area contributed by atoms with Gasteiger partial charge in [0.2, 0.25) is 5.91 Å². The zero-order chi connectivity index (χ0) is 15.5. The first-order valence-corrected chi connectivity index (χ1v) is 8.28. The van der Waals surface area contributed by atoms with Gasteiger partial charge < -0.3 is 15.5 Å². The van der Waals surface area contributed by atoms with Crippen LogP contribution in [0.5, 0.6) is 0 Å². The molecule has 1 aromatic rings. The van der Waals surface area contributed by atoms with Crippen molar-refractivity contribution in [1.29, 1.82) is 0 Å². The van der Waals surface area contributed by atoms with E-state index >= 15 is 0 Å². The van der Waals surface area contributed by atoms with Gasteiger partial charge in [-0.05, 0) is 39.0 Å². The molecule has 120 valence electrons. The zero-order valence-electron chi connectivity index (χ0n) is 13.2. The topological polar surface area (TPSA) is 75.4 Å². The van der Waals surface area contributed by atoms with Crippen molar-refractivity contribution in [1.82, 2.24) is 9.97 Å². The van der Waals surface area contributed by atoms with Crippen LogP contribution in [0.25, 0.3) is 0 Å². The summed E-state index contributed by atoms with van der Waals surface area (Å²) >= 11 is 0. The summed E-state index contributed by atoms with van der Waals surface area (Å²) in [4.78, 5) is 24.9. The van der Waals surface area contributed by atoms with E-state index in [1.54, 1.807) is 6.33 Å². The molecule has 0 unspecified atom stereocenters. The third-order valence-corrected chi connectivity index (χ3v) is 4.90. The minimum atomic E-state index is -0.206. The van der Waals surface area contributed by atoms with Gasteiger partial charge in [0, 0.05) is 31.7 Å². The van der Waals surface area contributed by atoms with E-state index in [0.717, 1.165) is 37.6 Å². The molecule has 0 radical (unpaired) electrons. The van der Waals surface area contributed by atoms with E-state index in [9.17, 15) is 4.79 Å². The summed E-state index contributed by atoms with van der Waals surface area (Å²) in [6.07, 6.45) is 7.23. The molecule has 2 atom stereocenters. The van der Waals surface area contributed by atoms with Crippen LogP contribution in [-0.2, 0) is 4.79 Å². The molecule has 6 nitrogen and oxygen atoms in total. The molecule has 0 aliphatic carbocycles. The van der Waals surface area contributed by atoms with E-state index in [2.05, 4.69) is 32.8 Å². The fourth-order valence-electron chi connectivity index (χ4n) is 3.45. The highest BCUT2D eigenvalue weighted by Gasteiger charge is 2.29. The minimum Gasteiger partial charge on any atom is -0.369 e. The van der Waals surface area contributed by atoms with Crippen LogP contribution in [0, 0.1) is 5.92 Å². The van der Waals surface area contributed by atoms with E-state index in [1.807, 2.05) is 0 Å². The van der Waals surface area contributed by atoms with Gasteiger partial charge in [-0.1, -0.05) is 0 Å². The van der Waals surface area contributed by atoms with E-state index in [-0.39, 0.29) is 11.8 Å². The number of hydrogen-bond donors (Lipinski definition) is 1. The lowest BCUT2D eigenvalue weighted by Gasteiger charge is -2.38. The molecular formula is C16H25N5O. The first kappa shape index (κ1) is 15.1. The first-order chi connectivity index (χ1) is 10.6. The Balaban J connectivity index is 1.79. The number of rotatable bonds is 3. The molecule has 2 saturated heterocycles. The number of aromatic nitrogens is 2. The van der Waals surface area contributed by atoms with Crippen LogP contribution in [0.4, 0.5) is 11.6 Å². The zero-order valence-corrected chi connectivity index (χ0v) is 13.2. The third kappa shape index (κ3) is 3.15. The lowest BCUT2D eigenvalue weighted by atomic mass is 9.93. The van der Waals surface area contributed by atoms with Crippen molar-refractivity contribution in [2.75, 3.05) is 29.4 Å². The number of nitrogens with two attached hydrogens (primary N) is 1. The molecule has 3 heterocycles. The van der Waals surface area contributed by atoms with E-state index in [1.165, 1.54) is 19.3 Å². The van der Waals surface area contributed by atoms with Gasteiger partial charge in [0.25, 0.3) is 0 Å². The molecule has 0 aromatic carbocycles. The van der Waals surface area contributed by atoms with Gasteiger partial charge in [-0.2, -0.15) is 0 Å². The molecule has 0 bridgehead atoms. The Bertz CT molecular complexity index is 529. The van der Waals surface area contributed by atoms with Crippen molar-refractivity contribution in [2.45, 2.75) is 45.1 Å². The highest BCUT2D eigenvalue weighted by atomic mass is 16.1. The number of hydrogen-bond acceptors (Lipinski definition) is 5. The Labute approximate surface area is 131 Å². The molecule has 2 fully saturated rings. The van der Waals surface area contributed by atoms with Gasteiger partial charge in [0.15, 0.2) is 0 Å². The maximum atomic E-state index is 11.5. The summed E-state index contributed by atoms with van der Waals surface area (Å²) in [7, 11) is 0. The first-order valence-electron chi connectivity index (χ1n) is 8.28. The molecule has 0 spiro atoms. The normalized spacial score (nSPS) is 26.0. The van der Waals surface area contributed by atoms with Crippen molar-refractivity contribution in [3.63, 3.8) is 0 Å². The minimum absolute atomic E-state index is 0.0791.